The summed E-state index contributed by atoms with van der Waals surface area (Å²) in [5.41, 5.74) is 0.709. The number of rotatable bonds is 5. The van der Waals surface area contributed by atoms with E-state index >= 15 is 0 Å². The van der Waals surface area contributed by atoms with Gasteiger partial charge in [-0.05, 0) is 23.8 Å². The number of amides is 1. The van der Waals surface area contributed by atoms with E-state index in [0.717, 1.165) is 5.56 Å². The van der Waals surface area contributed by atoms with Crippen molar-refractivity contribution in [3.63, 3.8) is 0 Å². The Balaban J connectivity index is 1.95. The fraction of sp³-hybridized carbons (Fsp3) is 0.200. The van der Waals surface area contributed by atoms with Gasteiger partial charge < -0.3 is 14.6 Å². The molecule has 2 aromatic rings. The fourth-order valence-electron chi connectivity index (χ4n) is 1.76. The summed E-state index contributed by atoms with van der Waals surface area (Å²) >= 11 is 0. The Morgan fingerprint density at radius 3 is 2.55 bits per heavy atom. The topological polar surface area (TPSA) is 60.3 Å². The van der Waals surface area contributed by atoms with Crippen molar-refractivity contribution in [3.8, 4) is 5.75 Å². The highest BCUT2D eigenvalue weighted by atomic mass is 19.3. The van der Waals surface area contributed by atoms with Crippen molar-refractivity contribution in [2.45, 2.75) is 13.2 Å². The zero-order chi connectivity index (χ0) is 16.1. The third-order valence-corrected chi connectivity index (χ3v) is 2.97. The summed E-state index contributed by atoms with van der Waals surface area (Å²) in [5.74, 6) is -0.331. The Bertz CT molecular complexity index is 711. The molecule has 0 saturated heterocycles. The van der Waals surface area contributed by atoms with Gasteiger partial charge in [-0.2, -0.15) is 8.78 Å². The van der Waals surface area contributed by atoms with Gasteiger partial charge in [0.1, 0.15) is 5.75 Å². The minimum Gasteiger partial charge on any atom is -0.435 e. The van der Waals surface area contributed by atoms with E-state index in [0.29, 0.717) is 0 Å². The van der Waals surface area contributed by atoms with Crippen molar-refractivity contribution in [3.05, 3.63) is 64.1 Å². The lowest BCUT2D eigenvalue weighted by molar-refractivity contribution is -0.0498. The highest BCUT2D eigenvalue weighted by Gasteiger charge is 2.07. The molecule has 1 aromatic heterocycles. The number of ether oxygens (including phenoxy) is 1. The van der Waals surface area contributed by atoms with Crippen molar-refractivity contribution >= 4 is 5.91 Å². The van der Waals surface area contributed by atoms with Gasteiger partial charge in [-0.15, -0.1) is 0 Å². The summed E-state index contributed by atoms with van der Waals surface area (Å²) < 4.78 is 29.6. The standard InChI is InChI=1S/C15H14F2N2O3/c1-19-7-6-11(8-13(19)20)14(21)18-9-10-2-4-12(5-3-10)22-15(16)17/h2-8,15H,9H2,1H3,(H,18,21). The van der Waals surface area contributed by atoms with Gasteiger partial charge in [0.2, 0.25) is 0 Å². The monoisotopic (exact) mass is 308 g/mol. The average Bonchev–Trinajstić information content (AvgIpc) is 2.48. The van der Waals surface area contributed by atoms with Crippen LogP contribution in [0.3, 0.4) is 0 Å². The number of nitrogens with one attached hydrogen (secondary N) is 1. The van der Waals surface area contributed by atoms with Gasteiger partial charge in [-0.25, -0.2) is 0 Å². The first-order valence-corrected chi connectivity index (χ1v) is 6.44. The second-order valence-corrected chi connectivity index (χ2v) is 4.57. The van der Waals surface area contributed by atoms with Gasteiger partial charge in [-0.3, -0.25) is 9.59 Å². The van der Waals surface area contributed by atoms with Crippen molar-refractivity contribution in [2.24, 2.45) is 7.05 Å². The molecular formula is C15H14F2N2O3. The lowest BCUT2D eigenvalue weighted by Crippen LogP contribution is -2.25. The van der Waals surface area contributed by atoms with Crippen molar-refractivity contribution < 1.29 is 18.3 Å². The molecule has 7 heteroatoms. The Morgan fingerprint density at radius 1 is 1.27 bits per heavy atom. The summed E-state index contributed by atoms with van der Waals surface area (Å²) in [6.07, 6.45) is 1.51. The SMILES string of the molecule is Cn1ccc(C(=O)NCc2ccc(OC(F)F)cc2)cc1=O. The molecule has 0 spiro atoms. The molecular weight excluding hydrogens is 294 g/mol. The van der Waals surface area contributed by atoms with Gasteiger partial charge in [-0.1, -0.05) is 12.1 Å². The number of carbonyl (C=O) groups excluding carboxylic acids is 1. The molecule has 0 unspecified atom stereocenters. The molecule has 0 saturated carbocycles. The molecule has 1 N–H and O–H groups in total. The molecule has 1 amide bonds. The van der Waals surface area contributed by atoms with E-state index in [1.807, 2.05) is 0 Å². The largest absolute Gasteiger partial charge is 0.435 e. The number of alkyl halides is 2. The molecule has 2 rings (SSSR count). The van der Waals surface area contributed by atoms with E-state index in [1.165, 1.54) is 35.0 Å². The van der Waals surface area contributed by atoms with Gasteiger partial charge in [0.05, 0.1) is 0 Å². The van der Waals surface area contributed by atoms with E-state index in [-0.39, 0.29) is 29.3 Å². The smallest absolute Gasteiger partial charge is 0.387 e. The predicted octanol–water partition coefficient (Wildman–Crippen LogP) is 1.92. The molecule has 0 atom stereocenters. The number of nitrogens with zero attached hydrogens (tertiary/aromatic N) is 1. The number of hydrogen-bond acceptors (Lipinski definition) is 3. The highest BCUT2D eigenvalue weighted by Crippen LogP contribution is 2.14. The number of hydrogen-bond donors (Lipinski definition) is 1. The maximum Gasteiger partial charge on any atom is 0.387 e. The van der Waals surface area contributed by atoms with Crippen LogP contribution < -0.4 is 15.6 Å². The van der Waals surface area contributed by atoms with Crippen LogP contribution in [0.4, 0.5) is 8.78 Å². The molecule has 0 aliphatic carbocycles. The second kappa shape index (κ2) is 6.84. The van der Waals surface area contributed by atoms with Gasteiger partial charge >= 0.3 is 6.61 Å². The lowest BCUT2D eigenvalue weighted by Gasteiger charge is -2.08. The van der Waals surface area contributed by atoms with Crippen LogP contribution in [0.25, 0.3) is 0 Å². The number of pyridine rings is 1. The highest BCUT2D eigenvalue weighted by molar-refractivity contribution is 5.93. The number of benzene rings is 1. The fourth-order valence-corrected chi connectivity index (χ4v) is 1.76. The van der Waals surface area contributed by atoms with Crippen LogP contribution in [0, 0.1) is 0 Å². The van der Waals surface area contributed by atoms with Crippen molar-refractivity contribution in [1.29, 1.82) is 0 Å². The summed E-state index contributed by atoms with van der Waals surface area (Å²) in [7, 11) is 1.59. The minimum absolute atomic E-state index is 0.0524. The third-order valence-electron chi connectivity index (χ3n) is 2.97. The Kier molecular flexibility index (Phi) is 4.88. The average molecular weight is 308 g/mol. The maximum absolute atomic E-state index is 12.0. The predicted molar refractivity (Wildman–Crippen MR) is 75.9 cm³/mol. The zero-order valence-electron chi connectivity index (χ0n) is 11.8. The molecule has 0 aliphatic heterocycles. The molecule has 116 valence electrons. The number of carbonyl (C=O) groups is 1. The van der Waals surface area contributed by atoms with Crippen LogP contribution in [-0.2, 0) is 13.6 Å². The summed E-state index contributed by atoms with van der Waals surface area (Å²) in [5, 5.41) is 2.65. The summed E-state index contributed by atoms with van der Waals surface area (Å²) in [6.45, 7) is -2.66. The molecule has 5 nitrogen and oxygen atoms in total. The van der Waals surface area contributed by atoms with E-state index in [4.69, 9.17) is 0 Å². The van der Waals surface area contributed by atoms with E-state index < -0.39 is 6.61 Å². The normalized spacial score (nSPS) is 10.5. The Hall–Kier alpha value is -2.70. The van der Waals surface area contributed by atoms with Gasteiger partial charge in [0.25, 0.3) is 11.5 Å². The first-order valence-electron chi connectivity index (χ1n) is 6.44. The second-order valence-electron chi connectivity index (χ2n) is 4.57. The van der Waals surface area contributed by atoms with Crippen LogP contribution in [0.1, 0.15) is 15.9 Å². The first kappa shape index (κ1) is 15.7. The quantitative estimate of drug-likeness (QED) is 0.918. The van der Waals surface area contributed by atoms with E-state index in [2.05, 4.69) is 10.1 Å². The minimum atomic E-state index is -2.87. The first-order chi connectivity index (χ1) is 10.5. The van der Waals surface area contributed by atoms with E-state index in [1.54, 1.807) is 19.2 Å². The maximum atomic E-state index is 12.0. The molecule has 0 aliphatic rings. The van der Waals surface area contributed by atoms with Crippen LogP contribution in [0.15, 0.2) is 47.4 Å². The molecule has 1 aromatic carbocycles. The number of aryl methyl sites for hydroxylation is 1. The third kappa shape index (κ3) is 4.15. The van der Waals surface area contributed by atoms with Crippen molar-refractivity contribution in [2.75, 3.05) is 0 Å². The molecule has 1 heterocycles. The molecule has 0 bridgehead atoms. The Labute approximate surface area is 125 Å². The summed E-state index contributed by atoms with van der Waals surface area (Å²) in [6, 6.07) is 8.72. The number of aromatic nitrogens is 1. The van der Waals surface area contributed by atoms with Crippen LogP contribution in [0.2, 0.25) is 0 Å². The van der Waals surface area contributed by atoms with Crippen LogP contribution >= 0.6 is 0 Å². The van der Waals surface area contributed by atoms with Gasteiger partial charge in [0, 0.05) is 31.4 Å². The number of halogens is 2. The zero-order valence-corrected chi connectivity index (χ0v) is 11.8. The molecule has 0 radical (unpaired) electrons. The molecule has 0 fully saturated rings. The van der Waals surface area contributed by atoms with Crippen LogP contribution in [-0.4, -0.2) is 17.1 Å². The van der Waals surface area contributed by atoms with Gasteiger partial charge in [0.15, 0.2) is 0 Å². The Morgan fingerprint density at radius 2 is 1.95 bits per heavy atom. The molecule has 22 heavy (non-hydrogen) atoms. The van der Waals surface area contributed by atoms with Crippen LogP contribution in [0.5, 0.6) is 5.75 Å². The van der Waals surface area contributed by atoms with E-state index in [9.17, 15) is 18.4 Å². The summed E-state index contributed by atoms with van der Waals surface area (Å²) in [4.78, 5) is 23.4. The lowest BCUT2D eigenvalue weighted by atomic mass is 10.2. The van der Waals surface area contributed by atoms with Crippen molar-refractivity contribution in [1.82, 2.24) is 9.88 Å².